The lowest BCUT2D eigenvalue weighted by atomic mass is 10.1. The molecule has 1 amide bonds. The van der Waals surface area contributed by atoms with E-state index in [9.17, 15) is 4.79 Å². The minimum Gasteiger partial charge on any atom is -0.369 e. The van der Waals surface area contributed by atoms with Gasteiger partial charge in [-0.05, 0) is 6.92 Å². The molecule has 0 atom stereocenters. The van der Waals surface area contributed by atoms with E-state index in [0.717, 1.165) is 37.4 Å². The van der Waals surface area contributed by atoms with Crippen molar-refractivity contribution in [1.29, 1.82) is 0 Å². The van der Waals surface area contributed by atoms with E-state index in [1.54, 1.807) is 6.20 Å². The predicted octanol–water partition coefficient (Wildman–Crippen LogP) is 0.700. The average molecular weight is 314 g/mol. The first-order chi connectivity index (χ1) is 11.1. The van der Waals surface area contributed by atoms with Crippen LogP contribution in [0.25, 0.3) is 11.3 Å². The normalized spacial score (nSPS) is 15.6. The van der Waals surface area contributed by atoms with Crippen LogP contribution in [0, 0.1) is 6.92 Å². The van der Waals surface area contributed by atoms with Crippen LogP contribution in [0.5, 0.6) is 0 Å². The van der Waals surface area contributed by atoms with Gasteiger partial charge >= 0.3 is 0 Å². The summed E-state index contributed by atoms with van der Waals surface area (Å²) in [7, 11) is 0. The molecule has 0 radical (unpaired) electrons. The van der Waals surface area contributed by atoms with Crippen LogP contribution in [-0.2, 0) is 4.79 Å². The predicted molar refractivity (Wildman–Crippen MR) is 90.0 cm³/mol. The Morgan fingerprint density at radius 3 is 2.57 bits per heavy atom. The van der Waals surface area contributed by atoms with Gasteiger partial charge < -0.3 is 10.6 Å². The van der Waals surface area contributed by atoms with Crippen LogP contribution in [0.15, 0.2) is 30.5 Å². The lowest BCUT2D eigenvalue weighted by Crippen LogP contribution is -2.49. The van der Waals surface area contributed by atoms with Gasteiger partial charge in [0.05, 0.1) is 18.4 Å². The second-order valence-electron chi connectivity index (χ2n) is 5.74. The largest absolute Gasteiger partial charge is 0.369 e. The molecule has 1 aromatic carbocycles. The summed E-state index contributed by atoms with van der Waals surface area (Å²) in [6.45, 7) is 5.40. The highest BCUT2D eigenvalue weighted by atomic mass is 16.1. The van der Waals surface area contributed by atoms with Crippen LogP contribution >= 0.6 is 0 Å². The molecule has 0 unspecified atom stereocenters. The maximum absolute atomic E-state index is 11.0. The molecule has 2 heterocycles. The monoisotopic (exact) mass is 314 g/mol. The molecule has 1 saturated heterocycles. The lowest BCUT2D eigenvalue weighted by Gasteiger charge is -2.33. The topological polar surface area (TPSA) is 88.2 Å². The number of amides is 1. The summed E-state index contributed by atoms with van der Waals surface area (Å²) in [5, 5.41) is 8.23. The molecule has 0 saturated carbocycles. The Balaban J connectivity index is 0.00000208. The molecule has 1 aliphatic rings. The molecule has 1 aromatic heterocycles. The number of nitrogens with two attached hydrogens (primary N) is 1. The Hall–Kier alpha value is -2.54. The van der Waals surface area contributed by atoms with Gasteiger partial charge in [0.15, 0.2) is 0 Å². The zero-order valence-electron chi connectivity index (χ0n) is 13.1. The number of rotatable bonds is 4. The third-order valence-corrected chi connectivity index (χ3v) is 3.93. The number of aryl methyl sites for hydroxylation is 1. The molecule has 2 N–H and O–H groups in total. The van der Waals surface area contributed by atoms with E-state index in [1.807, 2.05) is 17.0 Å². The quantitative estimate of drug-likeness (QED) is 0.894. The zero-order chi connectivity index (χ0) is 16.2. The Morgan fingerprint density at radius 2 is 1.91 bits per heavy atom. The van der Waals surface area contributed by atoms with Gasteiger partial charge in [-0.3, -0.25) is 9.69 Å². The number of aromatic nitrogens is 3. The van der Waals surface area contributed by atoms with Crippen molar-refractivity contribution < 1.29 is 6.22 Å². The maximum atomic E-state index is 11.0. The molecule has 7 nitrogen and oxygen atoms in total. The summed E-state index contributed by atoms with van der Waals surface area (Å²) in [6, 6.07) is 8.18. The van der Waals surface area contributed by atoms with Crippen molar-refractivity contribution in [3.63, 3.8) is 0 Å². The molecule has 0 spiro atoms. The summed E-state index contributed by atoms with van der Waals surface area (Å²) in [6.07, 6.45) is 1.68. The molecule has 7 heteroatoms. The fourth-order valence-electron chi connectivity index (χ4n) is 2.62. The van der Waals surface area contributed by atoms with Gasteiger partial charge in [-0.2, -0.15) is 5.10 Å². The lowest BCUT2D eigenvalue weighted by molar-refractivity contribution is -0.119. The van der Waals surface area contributed by atoms with Gasteiger partial charge in [0, 0.05) is 33.2 Å². The van der Waals surface area contributed by atoms with E-state index in [4.69, 9.17) is 5.73 Å². The third kappa shape index (κ3) is 3.81. The summed E-state index contributed by atoms with van der Waals surface area (Å²) in [5.41, 5.74) is 8.29. The standard InChI is InChI=1S/C16H20N6O.H2/c1-12-2-4-13(5-3-12)14-10-18-20-16(19-14)22-8-6-21(7-9-22)11-15(17)23;/h2-5,10H,6-9,11H2,1H3,(H2,17,23);1H. The Morgan fingerprint density at radius 1 is 1.22 bits per heavy atom. The fourth-order valence-corrected chi connectivity index (χ4v) is 2.62. The van der Waals surface area contributed by atoms with E-state index in [-0.39, 0.29) is 7.33 Å². The summed E-state index contributed by atoms with van der Waals surface area (Å²) in [5.74, 6) is 0.333. The number of benzene rings is 1. The number of anilines is 1. The number of carbonyl (C=O) groups is 1. The molecular formula is C16H22N6O. The van der Waals surface area contributed by atoms with E-state index in [0.29, 0.717) is 12.5 Å². The van der Waals surface area contributed by atoms with E-state index in [2.05, 4.69) is 39.1 Å². The molecule has 122 valence electrons. The number of piperazine rings is 1. The number of hydrogen-bond donors (Lipinski definition) is 1. The first kappa shape index (κ1) is 15.4. The zero-order valence-corrected chi connectivity index (χ0v) is 13.1. The van der Waals surface area contributed by atoms with Crippen molar-refractivity contribution in [2.45, 2.75) is 6.92 Å². The Bertz CT molecular complexity index is 685. The minimum absolute atomic E-state index is 0. The first-order valence-corrected chi connectivity index (χ1v) is 7.64. The Kier molecular flexibility index (Phi) is 4.47. The Labute approximate surface area is 136 Å². The van der Waals surface area contributed by atoms with E-state index < -0.39 is 0 Å². The number of primary amides is 1. The summed E-state index contributed by atoms with van der Waals surface area (Å²) < 4.78 is 0. The van der Waals surface area contributed by atoms with Crippen LogP contribution in [0.3, 0.4) is 0 Å². The highest BCUT2D eigenvalue weighted by Gasteiger charge is 2.20. The SMILES string of the molecule is Cc1ccc(-c2cnnc(N3CCN(CC(N)=O)CC3)n2)cc1.[HH]. The van der Waals surface area contributed by atoms with E-state index in [1.165, 1.54) is 5.56 Å². The van der Waals surface area contributed by atoms with Crippen molar-refractivity contribution in [2.24, 2.45) is 5.73 Å². The summed E-state index contributed by atoms with van der Waals surface area (Å²) in [4.78, 5) is 19.7. The van der Waals surface area contributed by atoms with Crippen molar-refractivity contribution in [3.8, 4) is 11.3 Å². The second kappa shape index (κ2) is 6.70. The van der Waals surface area contributed by atoms with Crippen LogP contribution in [0.4, 0.5) is 5.95 Å². The summed E-state index contributed by atoms with van der Waals surface area (Å²) >= 11 is 0. The van der Waals surface area contributed by atoms with Crippen LogP contribution in [0.1, 0.15) is 6.99 Å². The van der Waals surface area contributed by atoms with Crippen molar-refractivity contribution in [2.75, 3.05) is 37.6 Å². The third-order valence-electron chi connectivity index (χ3n) is 3.93. The van der Waals surface area contributed by atoms with Gasteiger partial charge in [0.25, 0.3) is 0 Å². The number of nitrogens with zero attached hydrogens (tertiary/aromatic N) is 5. The minimum atomic E-state index is -0.294. The number of hydrogen-bond acceptors (Lipinski definition) is 6. The highest BCUT2D eigenvalue weighted by molar-refractivity contribution is 5.75. The van der Waals surface area contributed by atoms with Gasteiger partial charge in [0.2, 0.25) is 11.9 Å². The van der Waals surface area contributed by atoms with E-state index >= 15 is 0 Å². The van der Waals surface area contributed by atoms with Gasteiger partial charge in [-0.25, -0.2) is 4.98 Å². The van der Waals surface area contributed by atoms with Gasteiger partial charge in [-0.1, -0.05) is 29.8 Å². The highest BCUT2D eigenvalue weighted by Crippen LogP contribution is 2.19. The fraction of sp³-hybridized carbons (Fsp3) is 0.375. The van der Waals surface area contributed by atoms with Crippen LogP contribution in [0.2, 0.25) is 0 Å². The van der Waals surface area contributed by atoms with Crippen LogP contribution < -0.4 is 10.6 Å². The maximum Gasteiger partial charge on any atom is 0.245 e. The molecule has 1 fully saturated rings. The molecule has 0 bridgehead atoms. The molecule has 1 aliphatic heterocycles. The first-order valence-electron chi connectivity index (χ1n) is 7.64. The molecular weight excluding hydrogens is 292 g/mol. The van der Waals surface area contributed by atoms with Crippen LogP contribution in [-0.4, -0.2) is 58.7 Å². The van der Waals surface area contributed by atoms with Crippen molar-refractivity contribution in [3.05, 3.63) is 36.0 Å². The van der Waals surface area contributed by atoms with Gasteiger partial charge in [0.1, 0.15) is 0 Å². The number of carbonyl (C=O) groups excluding carboxylic acids is 1. The molecule has 23 heavy (non-hydrogen) atoms. The molecule has 2 aromatic rings. The van der Waals surface area contributed by atoms with Gasteiger partial charge in [-0.15, -0.1) is 5.10 Å². The molecule has 3 rings (SSSR count). The second-order valence-corrected chi connectivity index (χ2v) is 5.74. The average Bonchev–Trinajstić information content (AvgIpc) is 2.56. The smallest absolute Gasteiger partial charge is 0.245 e. The molecule has 0 aliphatic carbocycles. The van der Waals surface area contributed by atoms with Crippen molar-refractivity contribution in [1.82, 2.24) is 20.1 Å². The van der Waals surface area contributed by atoms with Crippen molar-refractivity contribution >= 4 is 11.9 Å².